The van der Waals surface area contributed by atoms with Crippen LogP contribution < -0.4 is 0 Å². The highest BCUT2D eigenvalue weighted by Gasteiger charge is 2.10. The van der Waals surface area contributed by atoms with Gasteiger partial charge in [0.25, 0.3) is 0 Å². The lowest BCUT2D eigenvalue weighted by Gasteiger charge is -2.09. The summed E-state index contributed by atoms with van der Waals surface area (Å²) >= 11 is 5.37. The van der Waals surface area contributed by atoms with Gasteiger partial charge >= 0.3 is 5.97 Å². The predicted octanol–water partition coefficient (Wildman–Crippen LogP) is 2.80. The first-order valence-electron chi connectivity index (χ1n) is 4.72. The largest absolute Gasteiger partial charge is 0.507 e. The van der Waals surface area contributed by atoms with E-state index in [9.17, 15) is 9.90 Å². The van der Waals surface area contributed by atoms with E-state index in [-0.39, 0.29) is 17.4 Å². The topological polar surface area (TPSA) is 46.5 Å². The lowest BCUT2D eigenvalue weighted by Crippen LogP contribution is -2.04. The Bertz CT molecular complexity index is 438. The summed E-state index contributed by atoms with van der Waals surface area (Å²) in [5.74, 6) is -0.543. The summed E-state index contributed by atoms with van der Waals surface area (Å²) < 4.78 is 4.85. The molecule has 1 aromatic carbocycles. The molecule has 0 aromatic heterocycles. The van der Waals surface area contributed by atoms with Gasteiger partial charge in [0, 0.05) is 5.56 Å². The van der Waals surface area contributed by atoms with Crippen molar-refractivity contribution in [3.63, 3.8) is 0 Å². The summed E-state index contributed by atoms with van der Waals surface area (Å²) in [6.07, 6.45) is 0. The van der Waals surface area contributed by atoms with Gasteiger partial charge in [0.05, 0.1) is 0 Å². The van der Waals surface area contributed by atoms with E-state index < -0.39 is 5.97 Å². The third-order valence-corrected chi connectivity index (χ3v) is 2.26. The minimum Gasteiger partial charge on any atom is -0.507 e. The zero-order valence-corrected chi connectivity index (χ0v) is 9.97. The second-order valence-electron chi connectivity index (χ2n) is 3.57. The minimum atomic E-state index is -0.680. The number of aryl methyl sites for hydroxylation is 2. The molecule has 16 heavy (non-hydrogen) atoms. The van der Waals surface area contributed by atoms with Crippen LogP contribution in [0.2, 0.25) is 0 Å². The quantitative estimate of drug-likeness (QED) is 0.653. The van der Waals surface area contributed by atoms with Gasteiger partial charge in [0.2, 0.25) is 0 Å². The highest BCUT2D eigenvalue weighted by molar-refractivity contribution is 6.40. The molecule has 1 aromatic rings. The molecule has 0 fully saturated rings. The zero-order chi connectivity index (χ0) is 12.3. The van der Waals surface area contributed by atoms with Crippen LogP contribution in [0.3, 0.4) is 0 Å². The maximum Gasteiger partial charge on any atom is 0.349 e. The number of carbonyl (C=O) groups excluding carboxylic acids is 1. The number of hydrogen-bond donors (Lipinski definition) is 1. The molecule has 3 nitrogen and oxygen atoms in total. The number of benzene rings is 1. The van der Waals surface area contributed by atoms with Gasteiger partial charge in [-0.25, -0.2) is 4.79 Å². The van der Waals surface area contributed by atoms with Crippen LogP contribution in [-0.4, -0.2) is 11.1 Å². The van der Waals surface area contributed by atoms with E-state index in [0.717, 1.165) is 11.1 Å². The fourth-order valence-corrected chi connectivity index (χ4v) is 1.43. The second-order valence-corrected chi connectivity index (χ2v) is 4.03. The van der Waals surface area contributed by atoms with Crippen LogP contribution in [0.25, 0.3) is 0 Å². The van der Waals surface area contributed by atoms with Gasteiger partial charge in [0.1, 0.15) is 17.4 Å². The fourth-order valence-electron chi connectivity index (χ4n) is 1.38. The van der Waals surface area contributed by atoms with E-state index in [1.165, 1.54) is 0 Å². The molecule has 0 bridgehead atoms. The number of carbonyl (C=O) groups is 1. The molecule has 0 aliphatic carbocycles. The molecule has 1 rings (SSSR count). The number of esters is 1. The number of halogens is 1. The maximum absolute atomic E-state index is 11.1. The Balaban J connectivity index is 2.82. The van der Waals surface area contributed by atoms with E-state index in [0.29, 0.717) is 5.56 Å². The summed E-state index contributed by atoms with van der Waals surface area (Å²) in [6, 6.07) is 3.60. The maximum atomic E-state index is 11.1. The van der Waals surface area contributed by atoms with Crippen LogP contribution in [0.5, 0.6) is 5.75 Å². The van der Waals surface area contributed by atoms with Gasteiger partial charge in [-0.2, -0.15) is 0 Å². The fraction of sp³-hybridized carbons (Fsp3) is 0.250. The average molecular weight is 241 g/mol. The van der Waals surface area contributed by atoms with E-state index in [1.54, 1.807) is 13.0 Å². The number of hydrogen-bond acceptors (Lipinski definition) is 3. The van der Waals surface area contributed by atoms with Gasteiger partial charge in [0.15, 0.2) is 0 Å². The number of aromatic hydroxyl groups is 1. The monoisotopic (exact) mass is 240 g/mol. The molecule has 86 valence electrons. The molecule has 0 radical (unpaired) electrons. The van der Waals surface area contributed by atoms with Crippen LogP contribution >= 0.6 is 11.6 Å². The Kier molecular flexibility index (Phi) is 3.96. The van der Waals surface area contributed by atoms with Gasteiger partial charge < -0.3 is 9.84 Å². The van der Waals surface area contributed by atoms with Gasteiger partial charge in [-0.15, -0.1) is 0 Å². The molecular formula is C12H13ClO3. The van der Waals surface area contributed by atoms with Crippen molar-refractivity contribution in [2.24, 2.45) is 0 Å². The molecule has 0 saturated heterocycles. The van der Waals surface area contributed by atoms with Crippen molar-refractivity contribution >= 4 is 17.6 Å². The molecule has 0 aliphatic heterocycles. The lowest BCUT2D eigenvalue weighted by molar-refractivity contribution is -0.139. The van der Waals surface area contributed by atoms with E-state index in [4.69, 9.17) is 16.3 Å². The SMILES string of the molecule is C=C(Cl)C(=O)OCc1cc(C)cc(C)c1O. The van der Waals surface area contributed by atoms with Gasteiger partial charge in [-0.05, 0) is 25.5 Å². The third kappa shape index (κ3) is 3.00. The van der Waals surface area contributed by atoms with E-state index >= 15 is 0 Å². The number of phenols is 1. The molecule has 0 saturated carbocycles. The first kappa shape index (κ1) is 12.6. The molecule has 4 heteroatoms. The summed E-state index contributed by atoms with van der Waals surface area (Å²) in [4.78, 5) is 11.1. The molecule has 0 atom stereocenters. The Morgan fingerprint density at radius 3 is 2.69 bits per heavy atom. The van der Waals surface area contributed by atoms with Crippen LogP contribution in [0.4, 0.5) is 0 Å². The highest BCUT2D eigenvalue weighted by Crippen LogP contribution is 2.24. The molecule has 0 unspecified atom stereocenters. The van der Waals surface area contributed by atoms with Crippen molar-refractivity contribution in [3.8, 4) is 5.75 Å². The Morgan fingerprint density at radius 1 is 1.50 bits per heavy atom. The zero-order valence-electron chi connectivity index (χ0n) is 9.21. The summed E-state index contributed by atoms with van der Waals surface area (Å²) in [6.45, 7) is 6.93. The first-order chi connectivity index (χ1) is 7.41. The number of phenolic OH excluding ortho intramolecular Hbond substituents is 1. The molecule has 0 amide bonds. The standard InChI is InChI=1S/C12H13ClO3/c1-7-4-8(2)11(14)10(5-7)6-16-12(15)9(3)13/h4-5,14H,3,6H2,1-2H3. The first-order valence-corrected chi connectivity index (χ1v) is 5.10. The molecule has 0 aliphatic rings. The van der Waals surface area contributed by atoms with Crippen LogP contribution in [0, 0.1) is 13.8 Å². The average Bonchev–Trinajstić information content (AvgIpc) is 2.20. The van der Waals surface area contributed by atoms with Gasteiger partial charge in [-0.3, -0.25) is 0 Å². The number of ether oxygens (including phenoxy) is 1. The Morgan fingerprint density at radius 2 is 2.12 bits per heavy atom. The number of rotatable bonds is 3. The van der Waals surface area contributed by atoms with Crippen LogP contribution in [0.1, 0.15) is 16.7 Å². The van der Waals surface area contributed by atoms with Crippen molar-refractivity contribution < 1.29 is 14.6 Å². The summed E-state index contributed by atoms with van der Waals surface area (Å²) in [5.41, 5.74) is 2.30. The molecule has 0 heterocycles. The molecular weight excluding hydrogens is 228 g/mol. The van der Waals surface area contributed by atoms with Crippen LogP contribution in [0.15, 0.2) is 23.7 Å². The van der Waals surface area contributed by atoms with Gasteiger partial charge in [-0.1, -0.05) is 29.8 Å². The summed E-state index contributed by atoms with van der Waals surface area (Å²) in [5, 5.41) is 9.55. The highest BCUT2D eigenvalue weighted by atomic mass is 35.5. The van der Waals surface area contributed by atoms with Crippen molar-refractivity contribution in [2.75, 3.05) is 0 Å². The normalized spacial score (nSPS) is 9.94. The molecule has 1 N–H and O–H groups in total. The van der Waals surface area contributed by atoms with E-state index in [1.807, 2.05) is 13.0 Å². The van der Waals surface area contributed by atoms with Crippen molar-refractivity contribution in [2.45, 2.75) is 20.5 Å². The van der Waals surface area contributed by atoms with Crippen molar-refractivity contribution in [1.29, 1.82) is 0 Å². The van der Waals surface area contributed by atoms with E-state index in [2.05, 4.69) is 6.58 Å². The Labute approximate surface area is 99.3 Å². The Hall–Kier alpha value is -1.48. The minimum absolute atomic E-state index is 0.0150. The van der Waals surface area contributed by atoms with Crippen molar-refractivity contribution in [1.82, 2.24) is 0 Å². The lowest BCUT2D eigenvalue weighted by atomic mass is 10.1. The second kappa shape index (κ2) is 5.03. The predicted molar refractivity (Wildman–Crippen MR) is 62.4 cm³/mol. The van der Waals surface area contributed by atoms with Crippen molar-refractivity contribution in [3.05, 3.63) is 40.4 Å². The van der Waals surface area contributed by atoms with Crippen LogP contribution in [-0.2, 0) is 16.1 Å². The smallest absolute Gasteiger partial charge is 0.349 e. The third-order valence-electron chi connectivity index (χ3n) is 2.10. The summed E-state index contributed by atoms with van der Waals surface area (Å²) in [7, 11) is 0. The molecule has 0 spiro atoms.